The van der Waals surface area contributed by atoms with Crippen LogP contribution in [0.4, 0.5) is 24.5 Å². The Bertz CT molecular complexity index is 1180. The minimum Gasteiger partial charge on any atom is -0.496 e. The summed E-state index contributed by atoms with van der Waals surface area (Å²) in [6.45, 7) is 0. The predicted molar refractivity (Wildman–Crippen MR) is 122 cm³/mol. The monoisotopic (exact) mass is 472 g/mol. The minimum atomic E-state index is -4.45. The Morgan fingerprint density at radius 1 is 1.06 bits per heavy atom. The molecule has 4 rings (SSSR count). The van der Waals surface area contributed by atoms with E-state index in [1.54, 1.807) is 42.5 Å². The van der Waals surface area contributed by atoms with E-state index in [4.69, 9.17) is 4.74 Å². The number of carbonyl (C=O) groups excluding carboxylic acids is 2. The van der Waals surface area contributed by atoms with E-state index < -0.39 is 17.1 Å². The summed E-state index contributed by atoms with van der Waals surface area (Å²) in [4.78, 5) is 26.8. The van der Waals surface area contributed by atoms with Crippen LogP contribution in [0.3, 0.4) is 0 Å². The maximum absolute atomic E-state index is 12.9. The molecule has 3 aromatic carbocycles. The fourth-order valence-electron chi connectivity index (χ4n) is 3.56. The Hall–Kier alpha value is -3.46. The first kappa shape index (κ1) is 22.7. The Labute approximate surface area is 192 Å². The number of nitrogens with zero attached hydrogens (tertiary/aromatic N) is 1. The number of carbonyl (C=O) groups is 2. The molecule has 1 aliphatic heterocycles. The third-order valence-electron chi connectivity index (χ3n) is 5.12. The molecule has 0 radical (unpaired) electrons. The Balaban J connectivity index is 1.58. The number of nitrogens with one attached hydrogen (secondary N) is 1. The van der Waals surface area contributed by atoms with Crippen LogP contribution in [0.5, 0.6) is 5.75 Å². The van der Waals surface area contributed by atoms with Crippen molar-refractivity contribution < 1.29 is 27.5 Å². The quantitative estimate of drug-likeness (QED) is 0.514. The van der Waals surface area contributed by atoms with Gasteiger partial charge >= 0.3 is 6.18 Å². The van der Waals surface area contributed by atoms with Crippen LogP contribution in [0.2, 0.25) is 0 Å². The molecule has 0 saturated carbocycles. The van der Waals surface area contributed by atoms with E-state index in [0.29, 0.717) is 22.7 Å². The first-order valence-electron chi connectivity index (χ1n) is 9.93. The molecule has 1 fully saturated rings. The fraction of sp³-hybridized carbons (Fsp3) is 0.167. The van der Waals surface area contributed by atoms with Gasteiger partial charge in [0.2, 0.25) is 5.91 Å². The Kier molecular flexibility index (Phi) is 6.33. The van der Waals surface area contributed by atoms with E-state index >= 15 is 0 Å². The highest BCUT2D eigenvalue weighted by Crippen LogP contribution is 2.43. The lowest BCUT2D eigenvalue weighted by atomic mass is 10.1. The lowest BCUT2D eigenvalue weighted by molar-refractivity contribution is -0.137. The largest absolute Gasteiger partial charge is 0.496 e. The number of rotatable bonds is 5. The first-order chi connectivity index (χ1) is 15.8. The van der Waals surface area contributed by atoms with E-state index in [9.17, 15) is 22.8 Å². The number of methoxy groups -OCH3 is 1. The molecule has 0 aromatic heterocycles. The van der Waals surface area contributed by atoms with Gasteiger partial charge in [0.25, 0.3) is 5.91 Å². The molecule has 1 atom stereocenters. The van der Waals surface area contributed by atoms with Crippen molar-refractivity contribution in [3.8, 4) is 5.75 Å². The summed E-state index contributed by atoms with van der Waals surface area (Å²) < 4.78 is 44.0. The highest BCUT2D eigenvalue weighted by atomic mass is 32.2. The van der Waals surface area contributed by atoms with Crippen LogP contribution in [-0.2, 0) is 11.0 Å². The van der Waals surface area contributed by atoms with Gasteiger partial charge in [-0.25, -0.2) is 0 Å². The summed E-state index contributed by atoms with van der Waals surface area (Å²) >= 11 is 1.37. The first-order valence-corrected chi connectivity index (χ1v) is 11.0. The van der Waals surface area contributed by atoms with Crippen molar-refractivity contribution in [3.05, 3.63) is 89.5 Å². The summed E-state index contributed by atoms with van der Waals surface area (Å²) in [5.74, 6) is 0.0906. The average Bonchev–Trinajstić information content (AvgIpc) is 3.20. The van der Waals surface area contributed by atoms with Gasteiger partial charge in [0.15, 0.2) is 0 Å². The van der Waals surface area contributed by atoms with Crippen molar-refractivity contribution in [2.45, 2.75) is 11.6 Å². The van der Waals surface area contributed by atoms with Gasteiger partial charge in [-0.2, -0.15) is 13.2 Å². The number of alkyl halides is 3. The molecule has 1 N–H and O–H groups in total. The zero-order chi connectivity index (χ0) is 23.6. The van der Waals surface area contributed by atoms with E-state index in [-0.39, 0.29) is 17.6 Å². The zero-order valence-electron chi connectivity index (χ0n) is 17.4. The molecule has 1 unspecified atom stereocenters. The van der Waals surface area contributed by atoms with Crippen LogP contribution in [0.15, 0.2) is 72.8 Å². The van der Waals surface area contributed by atoms with Gasteiger partial charge in [-0.05, 0) is 54.1 Å². The van der Waals surface area contributed by atoms with Crippen LogP contribution in [0.25, 0.3) is 0 Å². The molecule has 5 nitrogen and oxygen atoms in total. The van der Waals surface area contributed by atoms with Gasteiger partial charge in [0, 0.05) is 11.4 Å². The van der Waals surface area contributed by atoms with Crippen LogP contribution in [0.1, 0.15) is 26.9 Å². The Morgan fingerprint density at radius 3 is 2.48 bits per heavy atom. The maximum atomic E-state index is 12.9. The van der Waals surface area contributed by atoms with Crippen LogP contribution in [-0.4, -0.2) is 24.7 Å². The number of para-hydroxylation sites is 1. The predicted octanol–water partition coefficient (Wildman–Crippen LogP) is 5.74. The number of benzene rings is 3. The second-order valence-corrected chi connectivity index (χ2v) is 8.32. The molecule has 2 amide bonds. The van der Waals surface area contributed by atoms with E-state index in [1.165, 1.54) is 35.9 Å². The highest BCUT2D eigenvalue weighted by Gasteiger charge is 2.35. The third kappa shape index (κ3) is 4.83. The van der Waals surface area contributed by atoms with Crippen LogP contribution >= 0.6 is 11.8 Å². The molecule has 170 valence electrons. The van der Waals surface area contributed by atoms with Gasteiger partial charge in [-0.1, -0.05) is 24.3 Å². The molecule has 0 bridgehead atoms. The summed E-state index contributed by atoms with van der Waals surface area (Å²) in [6, 6.07) is 18.4. The van der Waals surface area contributed by atoms with Crippen molar-refractivity contribution in [1.82, 2.24) is 0 Å². The van der Waals surface area contributed by atoms with Crippen molar-refractivity contribution in [3.63, 3.8) is 0 Å². The normalized spacial score (nSPS) is 16.1. The second-order valence-electron chi connectivity index (χ2n) is 7.25. The maximum Gasteiger partial charge on any atom is 0.416 e. The van der Waals surface area contributed by atoms with E-state index in [0.717, 1.165) is 17.7 Å². The highest BCUT2D eigenvalue weighted by molar-refractivity contribution is 8.00. The van der Waals surface area contributed by atoms with Gasteiger partial charge < -0.3 is 10.1 Å². The van der Waals surface area contributed by atoms with Crippen LogP contribution < -0.4 is 15.0 Å². The SMILES string of the molecule is COc1ccccc1C(=O)Nc1cccc(C2SCC(=O)N2c2ccc(C(F)(F)F)cc2)c1. The number of anilines is 2. The fourth-order valence-corrected chi connectivity index (χ4v) is 4.73. The van der Waals surface area contributed by atoms with Crippen molar-refractivity contribution >= 4 is 35.0 Å². The standard InChI is InChI=1S/C24H19F3N2O3S/c1-32-20-8-3-2-7-19(20)22(31)28-17-6-4-5-15(13-17)23-29(21(30)14-33-23)18-11-9-16(10-12-18)24(25,26)27/h2-13,23H,14H2,1H3,(H,28,31). The van der Waals surface area contributed by atoms with Crippen molar-refractivity contribution in [2.75, 3.05) is 23.1 Å². The molecule has 33 heavy (non-hydrogen) atoms. The number of halogens is 3. The zero-order valence-corrected chi connectivity index (χ0v) is 18.2. The molecular formula is C24H19F3N2O3S. The van der Waals surface area contributed by atoms with Gasteiger partial charge in [-0.3, -0.25) is 14.5 Å². The van der Waals surface area contributed by atoms with Crippen LogP contribution in [0, 0.1) is 0 Å². The molecule has 1 saturated heterocycles. The molecule has 0 aliphatic carbocycles. The van der Waals surface area contributed by atoms with Crippen molar-refractivity contribution in [2.24, 2.45) is 0 Å². The van der Waals surface area contributed by atoms with Gasteiger partial charge in [0.05, 0.1) is 24.0 Å². The van der Waals surface area contributed by atoms with Gasteiger partial charge in [-0.15, -0.1) is 11.8 Å². The molecular weight excluding hydrogens is 453 g/mol. The summed E-state index contributed by atoms with van der Waals surface area (Å²) in [5, 5.41) is 2.40. The average molecular weight is 472 g/mol. The van der Waals surface area contributed by atoms with E-state index in [2.05, 4.69) is 5.32 Å². The van der Waals surface area contributed by atoms with E-state index in [1.807, 2.05) is 6.07 Å². The Morgan fingerprint density at radius 2 is 1.79 bits per heavy atom. The number of amides is 2. The third-order valence-corrected chi connectivity index (χ3v) is 6.33. The van der Waals surface area contributed by atoms with Crippen molar-refractivity contribution in [1.29, 1.82) is 0 Å². The second kappa shape index (κ2) is 9.19. The molecule has 9 heteroatoms. The lowest BCUT2D eigenvalue weighted by Gasteiger charge is -2.25. The van der Waals surface area contributed by atoms with Gasteiger partial charge in [0.1, 0.15) is 11.1 Å². The summed E-state index contributed by atoms with van der Waals surface area (Å²) in [6.07, 6.45) is -4.45. The number of hydrogen-bond donors (Lipinski definition) is 1. The topological polar surface area (TPSA) is 58.6 Å². The lowest BCUT2D eigenvalue weighted by Crippen LogP contribution is -2.28. The smallest absolute Gasteiger partial charge is 0.416 e. The molecule has 1 aliphatic rings. The summed E-state index contributed by atoms with van der Waals surface area (Å²) in [7, 11) is 1.48. The number of ether oxygens (including phenoxy) is 1. The minimum absolute atomic E-state index is 0.198. The molecule has 1 heterocycles. The number of thioether (sulfide) groups is 1. The molecule has 0 spiro atoms. The summed E-state index contributed by atoms with van der Waals surface area (Å²) in [5.41, 5.74) is 1.25. The number of hydrogen-bond acceptors (Lipinski definition) is 4. The molecule has 3 aromatic rings.